The highest BCUT2D eigenvalue weighted by Gasteiger charge is 2.26. The van der Waals surface area contributed by atoms with Crippen molar-refractivity contribution in [2.45, 2.75) is 302 Å². The lowest BCUT2D eigenvalue weighted by atomic mass is 10.0. The van der Waals surface area contributed by atoms with Gasteiger partial charge in [0, 0.05) is 19.4 Å². The van der Waals surface area contributed by atoms with Gasteiger partial charge in [-0.3, -0.25) is 18.6 Å². The molecule has 426 valence electrons. The van der Waals surface area contributed by atoms with Crippen LogP contribution in [0.2, 0.25) is 0 Å². The van der Waals surface area contributed by atoms with Gasteiger partial charge in [-0.2, -0.15) is 0 Å². The van der Waals surface area contributed by atoms with E-state index in [1.54, 1.807) is 0 Å². The Bertz CT molecular complexity index is 1380. The maximum atomic E-state index is 12.7. The molecule has 0 aliphatic heterocycles. The highest BCUT2D eigenvalue weighted by atomic mass is 31.2. The molecule has 0 spiro atoms. The summed E-state index contributed by atoms with van der Waals surface area (Å²) < 4.78 is 33.1. The van der Waals surface area contributed by atoms with Crippen LogP contribution in [0.5, 0.6) is 0 Å². The molecule has 0 radical (unpaired) electrons. The van der Waals surface area contributed by atoms with Crippen LogP contribution in [-0.4, -0.2) is 49.3 Å². The zero-order valence-electron chi connectivity index (χ0n) is 47.6. The summed E-state index contributed by atoms with van der Waals surface area (Å²) in [5, 5.41) is 0. The highest BCUT2D eigenvalue weighted by molar-refractivity contribution is 7.47. The molecule has 0 saturated carbocycles. The fraction of sp³-hybridized carbons (Fsp3) is 0.810. The Morgan fingerprint density at radius 1 is 0.425 bits per heavy atom. The first-order valence-corrected chi connectivity index (χ1v) is 32.3. The Morgan fingerprint density at radius 2 is 0.753 bits per heavy atom. The van der Waals surface area contributed by atoms with Crippen molar-refractivity contribution in [1.29, 1.82) is 0 Å². The summed E-state index contributed by atoms with van der Waals surface area (Å²) in [4.78, 5) is 35.2. The predicted molar refractivity (Wildman–Crippen MR) is 312 cm³/mol. The lowest BCUT2D eigenvalue weighted by molar-refractivity contribution is -0.161. The third-order valence-electron chi connectivity index (χ3n) is 13.4. The number of carbonyl (C=O) groups excluding carboxylic acids is 2. The van der Waals surface area contributed by atoms with Crippen molar-refractivity contribution in [3.8, 4) is 0 Å². The van der Waals surface area contributed by atoms with E-state index in [0.29, 0.717) is 6.42 Å². The largest absolute Gasteiger partial charge is 0.472 e. The van der Waals surface area contributed by atoms with E-state index in [-0.39, 0.29) is 38.6 Å². The molecule has 0 rings (SSSR count). The minimum absolute atomic E-state index is 0.0526. The molecule has 3 N–H and O–H groups in total. The summed E-state index contributed by atoms with van der Waals surface area (Å²) >= 11 is 0. The molecule has 0 aromatic carbocycles. The minimum atomic E-state index is -4.39. The summed E-state index contributed by atoms with van der Waals surface area (Å²) in [5.41, 5.74) is 5.39. The first-order valence-electron chi connectivity index (χ1n) is 30.8. The van der Waals surface area contributed by atoms with Crippen molar-refractivity contribution in [3.63, 3.8) is 0 Å². The molecule has 2 atom stereocenters. The first kappa shape index (κ1) is 70.7. The van der Waals surface area contributed by atoms with Crippen molar-refractivity contribution in [2.24, 2.45) is 5.73 Å². The van der Waals surface area contributed by atoms with Gasteiger partial charge in [-0.05, 0) is 57.8 Å². The number of ether oxygens (including phenoxy) is 2. The van der Waals surface area contributed by atoms with Crippen LogP contribution < -0.4 is 5.73 Å². The molecule has 0 amide bonds. The predicted octanol–water partition coefficient (Wildman–Crippen LogP) is 19.5. The van der Waals surface area contributed by atoms with Crippen LogP contribution >= 0.6 is 7.82 Å². The smallest absolute Gasteiger partial charge is 0.462 e. The molecule has 0 aliphatic carbocycles. The van der Waals surface area contributed by atoms with Crippen LogP contribution in [0.15, 0.2) is 60.8 Å². The topological polar surface area (TPSA) is 134 Å². The van der Waals surface area contributed by atoms with Crippen molar-refractivity contribution >= 4 is 19.8 Å². The number of hydrogen-bond donors (Lipinski definition) is 2. The lowest BCUT2D eigenvalue weighted by Gasteiger charge is -2.19. The molecule has 0 bridgehead atoms. The molecule has 0 heterocycles. The summed E-state index contributed by atoms with van der Waals surface area (Å²) in [5.74, 6) is -0.819. The molecule has 0 saturated heterocycles. The van der Waals surface area contributed by atoms with E-state index < -0.39 is 26.5 Å². The summed E-state index contributed by atoms with van der Waals surface area (Å²) in [6.45, 7) is 3.67. The van der Waals surface area contributed by atoms with Gasteiger partial charge < -0.3 is 20.1 Å². The molecule has 0 aromatic rings. The fourth-order valence-electron chi connectivity index (χ4n) is 8.90. The molecular formula is C63H116NO8P. The van der Waals surface area contributed by atoms with Crippen molar-refractivity contribution in [1.82, 2.24) is 0 Å². The van der Waals surface area contributed by atoms with E-state index >= 15 is 0 Å². The fourth-order valence-corrected chi connectivity index (χ4v) is 9.67. The van der Waals surface area contributed by atoms with Gasteiger partial charge in [0.15, 0.2) is 6.10 Å². The Labute approximate surface area is 450 Å². The van der Waals surface area contributed by atoms with Gasteiger partial charge in [-0.25, -0.2) is 4.57 Å². The Balaban J connectivity index is 3.93. The normalized spacial score (nSPS) is 13.4. The molecular weight excluding hydrogens is 930 g/mol. The maximum Gasteiger partial charge on any atom is 0.472 e. The van der Waals surface area contributed by atoms with Crippen LogP contribution in [0, 0.1) is 0 Å². The molecule has 2 unspecified atom stereocenters. The van der Waals surface area contributed by atoms with E-state index in [0.717, 1.165) is 77.0 Å². The Kier molecular flexibility index (Phi) is 57.1. The molecule has 9 nitrogen and oxygen atoms in total. The van der Waals surface area contributed by atoms with Gasteiger partial charge in [-0.15, -0.1) is 0 Å². The van der Waals surface area contributed by atoms with E-state index in [4.69, 9.17) is 24.3 Å². The number of allylic oxidation sites excluding steroid dienone is 10. The van der Waals surface area contributed by atoms with Crippen LogP contribution in [0.25, 0.3) is 0 Å². The second-order valence-electron chi connectivity index (χ2n) is 20.6. The van der Waals surface area contributed by atoms with Gasteiger partial charge in [0.2, 0.25) is 0 Å². The van der Waals surface area contributed by atoms with Gasteiger partial charge in [0.05, 0.1) is 13.2 Å². The number of nitrogens with two attached hydrogens (primary N) is 1. The van der Waals surface area contributed by atoms with Gasteiger partial charge in [-0.1, -0.05) is 286 Å². The SMILES string of the molecule is CC/C=C\C/C=C\C/C=C\C/C=C\C/C=C\CCCCCCCCCCCCCC(=O)OC(COC(=O)CCCCCCCCCCCCCCCCCCCCCCCCCCC)COP(=O)(O)OCCN. The van der Waals surface area contributed by atoms with E-state index in [1.807, 2.05) is 0 Å². The van der Waals surface area contributed by atoms with Crippen LogP contribution in [0.3, 0.4) is 0 Å². The third-order valence-corrected chi connectivity index (χ3v) is 14.4. The zero-order chi connectivity index (χ0) is 53.1. The third kappa shape index (κ3) is 58.8. The lowest BCUT2D eigenvalue weighted by Crippen LogP contribution is -2.29. The van der Waals surface area contributed by atoms with Crippen LogP contribution in [-0.2, 0) is 32.7 Å². The molecule has 10 heteroatoms. The van der Waals surface area contributed by atoms with E-state index in [1.165, 1.54) is 186 Å². The van der Waals surface area contributed by atoms with Crippen molar-refractivity contribution in [3.05, 3.63) is 60.8 Å². The Morgan fingerprint density at radius 3 is 1.12 bits per heavy atom. The number of esters is 2. The monoisotopic (exact) mass is 1050 g/mol. The standard InChI is InChI=1S/C63H116NO8P/c1-3-5-7-9-11-13-15-17-19-21-23-25-27-29-30-32-34-36-38-40-42-44-46-48-50-52-54-56-63(66)72-61(60-71-73(67,68)70-58-57-64)59-69-62(65)55-53-51-49-47-45-43-41-39-37-35-33-31-28-26-24-22-20-18-16-14-12-10-8-6-4-2/h5,7,11,13,17,19,23,25,29-30,61H,3-4,6,8-10,12,14-16,18,20-22,24,26-28,31-60,64H2,1-2H3,(H,67,68)/b7-5-,13-11-,19-17-,25-23-,30-29-. The summed E-state index contributed by atoms with van der Waals surface area (Å²) in [7, 11) is -4.39. The number of phosphoric ester groups is 1. The average Bonchev–Trinajstić information content (AvgIpc) is 3.38. The minimum Gasteiger partial charge on any atom is -0.462 e. The average molecular weight is 1050 g/mol. The van der Waals surface area contributed by atoms with Crippen molar-refractivity contribution in [2.75, 3.05) is 26.4 Å². The van der Waals surface area contributed by atoms with Gasteiger partial charge in [0.25, 0.3) is 0 Å². The summed E-state index contributed by atoms with van der Waals surface area (Å²) in [6, 6.07) is 0. The molecule has 0 aromatic heterocycles. The van der Waals surface area contributed by atoms with Gasteiger partial charge in [0.1, 0.15) is 6.61 Å². The molecule has 0 fully saturated rings. The molecule has 73 heavy (non-hydrogen) atoms. The van der Waals surface area contributed by atoms with E-state index in [9.17, 15) is 19.0 Å². The number of rotatable bonds is 58. The van der Waals surface area contributed by atoms with Crippen LogP contribution in [0.4, 0.5) is 0 Å². The van der Waals surface area contributed by atoms with Crippen molar-refractivity contribution < 1.29 is 37.6 Å². The second-order valence-corrected chi connectivity index (χ2v) is 22.0. The quantitative estimate of drug-likeness (QED) is 0.0264. The second kappa shape index (κ2) is 59.0. The van der Waals surface area contributed by atoms with Crippen LogP contribution in [0.1, 0.15) is 296 Å². The van der Waals surface area contributed by atoms with E-state index in [2.05, 4.69) is 74.6 Å². The van der Waals surface area contributed by atoms with Gasteiger partial charge >= 0.3 is 19.8 Å². The number of unbranched alkanes of at least 4 members (excludes halogenated alkanes) is 35. The first-order chi connectivity index (χ1) is 35.8. The Hall–Kier alpha value is -2.29. The highest BCUT2D eigenvalue weighted by Crippen LogP contribution is 2.43. The maximum absolute atomic E-state index is 12.7. The number of phosphoric acid groups is 1. The number of carbonyl (C=O) groups is 2. The zero-order valence-corrected chi connectivity index (χ0v) is 48.5. The summed E-state index contributed by atoms with van der Waals surface area (Å²) in [6.07, 6.45) is 74.3. The molecule has 0 aliphatic rings. The number of hydrogen-bond acceptors (Lipinski definition) is 8.